The maximum absolute atomic E-state index is 13.7. The van der Waals surface area contributed by atoms with Gasteiger partial charge < -0.3 is 5.73 Å². The number of hydrogen-bond acceptors (Lipinski definition) is 5. The molecule has 1 heterocycles. The molecule has 0 atom stereocenters. The summed E-state index contributed by atoms with van der Waals surface area (Å²) in [5.74, 6) is -1.53. The number of benzene rings is 1. The largest absolute Gasteiger partial charge is 0.370 e. The van der Waals surface area contributed by atoms with Gasteiger partial charge in [0, 0.05) is 29.1 Å². The topological polar surface area (TPSA) is 146 Å². The number of guanidine groups is 1. The normalized spacial score (nSPS) is 11.1. The van der Waals surface area contributed by atoms with Gasteiger partial charge in [0.2, 0.25) is 0 Å². The molecule has 0 saturated carbocycles. The van der Waals surface area contributed by atoms with E-state index in [4.69, 9.17) is 15.7 Å². The van der Waals surface area contributed by atoms with Crippen LogP contribution in [-0.4, -0.2) is 36.1 Å². The van der Waals surface area contributed by atoms with Crippen LogP contribution in [0.3, 0.4) is 0 Å². The van der Waals surface area contributed by atoms with Crippen molar-refractivity contribution in [3.63, 3.8) is 0 Å². The Bertz CT molecular complexity index is 907. The van der Waals surface area contributed by atoms with Crippen molar-refractivity contribution >= 4 is 33.6 Å². The first-order chi connectivity index (χ1) is 12.1. The summed E-state index contributed by atoms with van der Waals surface area (Å²) in [6, 6.07) is 9.40. The third-order valence-electron chi connectivity index (χ3n) is 2.67. The van der Waals surface area contributed by atoms with E-state index in [-0.39, 0.29) is 11.1 Å². The zero-order valence-corrected chi connectivity index (χ0v) is 14.5. The molecule has 26 heavy (non-hydrogen) atoms. The molecule has 1 amide bonds. The van der Waals surface area contributed by atoms with E-state index in [1.165, 1.54) is 18.3 Å². The number of rotatable bonds is 3. The summed E-state index contributed by atoms with van der Waals surface area (Å²) < 4.78 is 39.6. The highest BCUT2D eigenvalue weighted by molar-refractivity contribution is 7.85. The van der Waals surface area contributed by atoms with Crippen molar-refractivity contribution in [1.82, 2.24) is 10.3 Å². The van der Waals surface area contributed by atoms with Gasteiger partial charge in [-0.2, -0.15) is 8.42 Å². The molecule has 0 spiro atoms. The molecule has 0 aliphatic heterocycles. The third-order valence-corrected chi connectivity index (χ3v) is 2.67. The second kappa shape index (κ2) is 9.39. The van der Waals surface area contributed by atoms with Crippen molar-refractivity contribution in [2.45, 2.75) is 0 Å². The highest BCUT2D eigenvalue weighted by atomic mass is 32.2. The molecule has 2 rings (SSSR count). The number of nitrogens with two attached hydrogens (primary N) is 1. The lowest BCUT2D eigenvalue weighted by Crippen LogP contribution is -2.36. The van der Waals surface area contributed by atoms with E-state index >= 15 is 0 Å². The molecule has 0 aliphatic rings. The predicted octanol–water partition coefficient (Wildman–Crippen LogP) is 1.27. The lowest BCUT2D eigenvalue weighted by molar-refractivity contribution is -0.114. The van der Waals surface area contributed by atoms with Crippen LogP contribution >= 0.6 is 0 Å². The summed E-state index contributed by atoms with van der Waals surface area (Å²) in [7, 11) is -3.67. The van der Waals surface area contributed by atoms with Crippen LogP contribution in [0.25, 0.3) is 11.6 Å². The molecule has 0 unspecified atom stereocenters. The Morgan fingerprint density at radius 1 is 1.31 bits per heavy atom. The molecular weight excluding hydrogens is 363 g/mol. The van der Waals surface area contributed by atoms with Crippen molar-refractivity contribution in [3.05, 3.63) is 65.7 Å². The first-order valence-electron chi connectivity index (χ1n) is 7.02. The Hall–Kier alpha value is -3.11. The number of carbonyl (C=O) groups is 1. The van der Waals surface area contributed by atoms with E-state index in [2.05, 4.69) is 10.3 Å². The molecule has 0 saturated heterocycles. The Kier molecular flexibility index (Phi) is 7.56. The fourth-order valence-corrected chi connectivity index (χ4v) is 1.74. The van der Waals surface area contributed by atoms with Crippen LogP contribution in [0, 0.1) is 11.2 Å². The Balaban J connectivity index is 0.000000597. The summed E-state index contributed by atoms with van der Waals surface area (Å²) in [4.78, 5) is 16.1. The van der Waals surface area contributed by atoms with Crippen molar-refractivity contribution in [1.29, 1.82) is 5.41 Å². The molecule has 138 valence electrons. The highest BCUT2D eigenvalue weighted by Crippen LogP contribution is 2.19. The minimum absolute atomic E-state index is 0.170. The summed E-state index contributed by atoms with van der Waals surface area (Å²) >= 11 is 0. The zero-order valence-electron chi connectivity index (χ0n) is 13.7. The van der Waals surface area contributed by atoms with E-state index in [1.54, 1.807) is 36.5 Å². The second-order valence-corrected chi connectivity index (χ2v) is 6.39. The van der Waals surface area contributed by atoms with Gasteiger partial charge in [-0.05, 0) is 18.2 Å². The number of nitrogens with zero attached hydrogens (tertiary/aromatic N) is 1. The monoisotopic (exact) mass is 380 g/mol. The second-order valence-electron chi connectivity index (χ2n) is 4.92. The fraction of sp³-hybridized carbons (Fsp3) is 0.0625. The lowest BCUT2D eigenvalue weighted by Gasteiger charge is -2.08. The van der Waals surface area contributed by atoms with Crippen LogP contribution in [0.1, 0.15) is 11.1 Å². The third kappa shape index (κ3) is 8.13. The van der Waals surface area contributed by atoms with Crippen LogP contribution in [0.2, 0.25) is 0 Å². The molecule has 5 N–H and O–H groups in total. The molecule has 0 aliphatic carbocycles. The van der Waals surface area contributed by atoms with E-state index in [0.717, 1.165) is 0 Å². The number of pyridine rings is 1. The van der Waals surface area contributed by atoms with Crippen molar-refractivity contribution < 1.29 is 22.2 Å². The quantitative estimate of drug-likeness (QED) is 0.273. The summed E-state index contributed by atoms with van der Waals surface area (Å²) in [5, 5.41) is 9.32. The average molecular weight is 380 g/mol. The Labute approximate surface area is 149 Å². The predicted molar refractivity (Wildman–Crippen MR) is 96.0 cm³/mol. The first-order valence-corrected chi connectivity index (χ1v) is 8.87. The fourth-order valence-electron chi connectivity index (χ4n) is 1.74. The van der Waals surface area contributed by atoms with E-state index in [1.807, 2.05) is 0 Å². The standard InChI is InChI=1S/C15H13FN4O.CH4O3S/c16-13-6-2-1-4-10(13)8-12(14(21)20-15(17)18)11-5-3-7-19-9-11;1-5(2,3)4/h1-9H,(H4,17,18,20,21);1H3,(H,2,3,4)/b12-8+;. The molecule has 10 heteroatoms. The van der Waals surface area contributed by atoms with Gasteiger partial charge in [0.1, 0.15) is 5.82 Å². The van der Waals surface area contributed by atoms with Gasteiger partial charge in [0.05, 0.1) is 6.26 Å². The smallest absolute Gasteiger partial charge is 0.261 e. The minimum Gasteiger partial charge on any atom is -0.370 e. The molecule has 0 bridgehead atoms. The number of amides is 1. The number of halogens is 1. The van der Waals surface area contributed by atoms with Crippen LogP contribution in [-0.2, 0) is 14.9 Å². The zero-order chi connectivity index (χ0) is 19.7. The van der Waals surface area contributed by atoms with Gasteiger partial charge in [0.15, 0.2) is 5.96 Å². The minimum atomic E-state index is -3.67. The molecule has 2 aromatic rings. The number of nitrogens with one attached hydrogen (secondary N) is 2. The Morgan fingerprint density at radius 2 is 1.92 bits per heavy atom. The number of hydrogen-bond donors (Lipinski definition) is 4. The van der Waals surface area contributed by atoms with E-state index < -0.39 is 27.8 Å². The highest BCUT2D eigenvalue weighted by Gasteiger charge is 2.14. The molecule has 0 fully saturated rings. The Morgan fingerprint density at radius 3 is 2.42 bits per heavy atom. The first kappa shape index (κ1) is 20.9. The van der Waals surface area contributed by atoms with Gasteiger partial charge >= 0.3 is 0 Å². The van der Waals surface area contributed by atoms with Crippen LogP contribution in [0.5, 0.6) is 0 Å². The summed E-state index contributed by atoms with van der Waals surface area (Å²) in [6.45, 7) is 0. The van der Waals surface area contributed by atoms with Gasteiger partial charge in [-0.15, -0.1) is 0 Å². The average Bonchev–Trinajstić information content (AvgIpc) is 2.52. The van der Waals surface area contributed by atoms with E-state index in [9.17, 15) is 17.6 Å². The molecule has 1 aromatic carbocycles. The van der Waals surface area contributed by atoms with Crippen molar-refractivity contribution in [3.8, 4) is 0 Å². The van der Waals surface area contributed by atoms with Gasteiger partial charge in [-0.3, -0.25) is 25.1 Å². The number of aromatic nitrogens is 1. The molecular formula is C16H17FN4O4S. The lowest BCUT2D eigenvalue weighted by atomic mass is 10.0. The van der Waals surface area contributed by atoms with Crippen molar-refractivity contribution in [2.75, 3.05) is 6.26 Å². The van der Waals surface area contributed by atoms with Gasteiger partial charge in [0.25, 0.3) is 16.0 Å². The summed E-state index contributed by atoms with van der Waals surface area (Å²) in [5.41, 5.74) is 6.10. The molecule has 1 aromatic heterocycles. The summed E-state index contributed by atoms with van der Waals surface area (Å²) in [6.07, 6.45) is 5.15. The molecule has 0 radical (unpaired) electrons. The van der Waals surface area contributed by atoms with Crippen LogP contribution in [0.15, 0.2) is 48.8 Å². The van der Waals surface area contributed by atoms with Crippen LogP contribution < -0.4 is 11.1 Å². The molecule has 8 nitrogen and oxygen atoms in total. The van der Waals surface area contributed by atoms with Gasteiger partial charge in [-0.25, -0.2) is 4.39 Å². The van der Waals surface area contributed by atoms with Crippen molar-refractivity contribution in [2.24, 2.45) is 5.73 Å². The van der Waals surface area contributed by atoms with E-state index in [0.29, 0.717) is 11.8 Å². The number of carbonyl (C=O) groups excluding carboxylic acids is 1. The van der Waals surface area contributed by atoms with Crippen LogP contribution in [0.4, 0.5) is 4.39 Å². The SMILES string of the molecule is CS(=O)(=O)O.N=C(N)NC(=O)/C(=C/c1ccccc1F)c1cccnc1. The maximum atomic E-state index is 13.7. The van der Waals surface area contributed by atoms with Gasteiger partial charge in [-0.1, -0.05) is 24.3 Å². The maximum Gasteiger partial charge on any atom is 0.261 e.